The second kappa shape index (κ2) is 5.43. The quantitative estimate of drug-likeness (QED) is 0.913. The van der Waals surface area contributed by atoms with E-state index in [0.29, 0.717) is 6.04 Å². The molecule has 1 fully saturated rings. The van der Waals surface area contributed by atoms with E-state index in [-0.39, 0.29) is 0 Å². The van der Waals surface area contributed by atoms with Crippen molar-refractivity contribution in [1.29, 1.82) is 0 Å². The summed E-state index contributed by atoms with van der Waals surface area (Å²) in [6.45, 7) is 2.28. The predicted molar refractivity (Wildman–Crippen MR) is 76.4 cm³/mol. The summed E-state index contributed by atoms with van der Waals surface area (Å²) in [5.74, 6) is 1.66. The van der Waals surface area contributed by atoms with Crippen molar-refractivity contribution in [3.63, 3.8) is 0 Å². The Labute approximate surface area is 113 Å². The summed E-state index contributed by atoms with van der Waals surface area (Å²) >= 11 is 0. The minimum atomic E-state index is 0.528. The molecule has 1 unspecified atom stereocenters. The monoisotopic (exact) mass is 256 g/mol. The van der Waals surface area contributed by atoms with Crippen molar-refractivity contribution in [3.05, 3.63) is 36.8 Å². The lowest BCUT2D eigenvalue weighted by atomic mass is 10.00. The van der Waals surface area contributed by atoms with Gasteiger partial charge in [0.15, 0.2) is 5.82 Å². The van der Waals surface area contributed by atoms with E-state index in [2.05, 4.69) is 28.4 Å². The van der Waals surface area contributed by atoms with Crippen LogP contribution in [0.25, 0.3) is 5.82 Å². The molecule has 1 aliphatic carbocycles. The van der Waals surface area contributed by atoms with Crippen LogP contribution in [0.1, 0.15) is 32.6 Å². The molecule has 2 aromatic rings. The van der Waals surface area contributed by atoms with Crippen molar-refractivity contribution < 1.29 is 0 Å². The maximum atomic E-state index is 4.44. The van der Waals surface area contributed by atoms with E-state index in [0.717, 1.165) is 17.4 Å². The number of anilines is 1. The van der Waals surface area contributed by atoms with E-state index in [1.54, 1.807) is 10.9 Å². The number of pyridine rings is 1. The number of hydrogen-bond acceptors (Lipinski definition) is 3. The Bertz CT molecular complexity index is 497. The highest BCUT2D eigenvalue weighted by Gasteiger charge is 2.21. The lowest BCUT2D eigenvalue weighted by Gasteiger charge is -2.21. The van der Waals surface area contributed by atoms with Gasteiger partial charge in [0.2, 0.25) is 0 Å². The topological polar surface area (TPSA) is 42.7 Å². The molecule has 2 aromatic heterocycles. The Hall–Kier alpha value is -1.84. The molecule has 4 heteroatoms. The van der Waals surface area contributed by atoms with Gasteiger partial charge in [0.05, 0.1) is 11.9 Å². The molecular formula is C15H20N4. The average molecular weight is 256 g/mol. The van der Waals surface area contributed by atoms with E-state index >= 15 is 0 Å². The van der Waals surface area contributed by atoms with Gasteiger partial charge < -0.3 is 5.32 Å². The third kappa shape index (κ3) is 2.78. The molecular weight excluding hydrogens is 236 g/mol. The molecule has 0 saturated heterocycles. The molecule has 1 saturated carbocycles. The SMILES string of the molecule is CC(Nc1ccc(-n2cccn2)nc1)C1CCCC1. The van der Waals surface area contributed by atoms with E-state index in [4.69, 9.17) is 0 Å². The third-order valence-corrected chi connectivity index (χ3v) is 3.99. The Kier molecular flexibility index (Phi) is 3.49. The van der Waals surface area contributed by atoms with Gasteiger partial charge >= 0.3 is 0 Å². The molecule has 19 heavy (non-hydrogen) atoms. The maximum Gasteiger partial charge on any atom is 0.153 e. The van der Waals surface area contributed by atoms with Gasteiger partial charge in [0, 0.05) is 18.4 Å². The molecule has 0 aliphatic heterocycles. The van der Waals surface area contributed by atoms with Crippen molar-refractivity contribution in [2.75, 3.05) is 5.32 Å². The molecule has 0 amide bonds. The minimum absolute atomic E-state index is 0.528. The number of hydrogen-bond donors (Lipinski definition) is 1. The van der Waals surface area contributed by atoms with Crippen molar-refractivity contribution in [3.8, 4) is 5.82 Å². The van der Waals surface area contributed by atoms with Crippen LogP contribution in [-0.2, 0) is 0 Å². The number of rotatable bonds is 4. The summed E-state index contributed by atoms with van der Waals surface area (Å²) in [7, 11) is 0. The molecule has 0 aromatic carbocycles. The van der Waals surface area contributed by atoms with Gasteiger partial charge in [-0.2, -0.15) is 5.10 Å². The van der Waals surface area contributed by atoms with E-state index < -0.39 is 0 Å². The van der Waals surface area contributed by atoms with Crippen LogP contribution in [0.4, 0.5) is 5.69 Å². The Balaban J connectivity index is 1.65. The van der Waals surface area contributed by atoms with E-state index in [1.165, 1.54) is 25.7 Å². The van der Waals surface area contributed by atoms with E-state index in [9.17, 15) is 0 Å². The number of aromatic nitrogens is 3. The molecule has 1 aliphatic rings. The first-order valence-corrected chi connectivity index (χ1v) is 7.05. The van der Waals surface area contributed by atoms with Crippen LogP contribution in [-0.4, -0.2) is 20.8 Å². The van der Waals surface area contributed by atoms with Gasteiger partial charge in [-0.05, 0) is 43.9 Å². The number of nitrogens with one attached hydrogen (secondary N) is 1. The Morgan fingerprint density at radius 3 is 2.79 bits per heavy atom. The van der Waals surface area contributed by atoms with Crippen LogP contribution in [0.15, 0.2) is 36.8 Å². The fourth-order valence-electron chi connectivity index (χ4n) is 2.85. The predicted octanol–water partition coefficient (Wildman–Crippen LogP) is 3.26. The Morgan fingerprint density at radius 1 is 1.32 bits per heavy atom. The Morgan fingerprint density at radius 2 is 2.16 bits per heavy atom. The molecule has 0 spiro atoms. The van der Waals surface area contributed by atoms with Gasteiger partial charge in [-0.1, -0.05) is 12.8 Å². The normalized spacial score (nSPS) is 17.5. The highest BCUT2D eigenvalue weighted by atomic mass is 15.3. The maximum absolute atomic E-state index is 4.44. The van der Waals surface area contributed by atoms with Crippen LogP contribution < -0.4 is 5.32 Å². The standard InChI is InChI=1S/C15H20N4/c1-12(13-5-2-3-6-13)18-14-7-8-15(16-11-14)19-10-4-9-17-19/h4,7-13,18H,2-3,5-6H2,1H3. The zero-order valence-electron chi connectivity index (χ0n) is 11.3. The third-order valence-electron chi connectivity index (χ3n) is 3.99. The van der Waals surface area contributed by atoms with Crippen molar-refractivity contribution in [2.45, 2.75) is 38.6 Å². The van der Waals surface area contributed by atoms with Gasteiger partial charge in [-0.25, -0.2) is 9.67 Å². The van der Waals surface area contributed by atoms with Crippen LogP contribution in [0.5, 0.6) is 0 Å². The highest BCUT2D eigenvalue weighted by molar-refractivity contribution is 5.44. The van der Waals surface area contributed by atoms with E-state index in [1.807, 2.05) is 24.5 Å². The molecule has 3 rings (SSSR count). The van der Waals surface area contributed by atoms with Gasteiger partial charge in [-0.3, -0.25) is 0 Å². The van der Waals surface area contributed by atoms with Gasteiger partial charge in [0.1, 0.15) is 0 Å². The summed E-state index contributed by atoms with van der Waals surface area (Å²) in [6, 6.07) is 6.50. The first-order valence-electron chi connectivity index (χ1n) is 7.05. The first kappa shape index (κ1) is 12.2. The summed E-state index contributed by atoms with van der Waals surface area (Å²) in [5, 5.41) is 7.74. The first-order chi connectivity index (χ1) is 9.33. The summed E-state index contributed by atoms with van der Waals surface area (Å²) < 4.78 is 1.77. The molecule has 100 valence electrons. The van der Waals surface area contributed by atoms with Crippen molar-refractivity contribution in [1.82, 2.24) is 14.8 Å². The second-order valence-electron chi connectivity index (χ2n) is 5.33. The summed E-state index contributed by atoms with van der Waals surface area (Å²) in [6.07, 6.45) is 11.0. The molecule has 1 N–H and O–H groups in total. The molecule has 1 atom stereocenters. The van der Waals surface area contributed by atoms with Crippen molar-refractivity contribution in [2.24, 2.45) is 5.92 Å². The fourth-order valence-corrected chi connectivity index (χ4v) is 2.85. The smallest absolute Gasteiger partial charge is 0.153 e. The molecule has 4 nitrogen and oxygen atoms in total. The minimum Gasteiger partial charge on any atom is -0.381 e. The molecule has 2 heterocycles. The zero-order chi connectivity index (χ0) is 13.1. The van der Waals surface area contributed by atoms with Gasteiger partial charge in [0.25, 0.3) is 0 Å². The average Bonchev–Trinajstić information content (AvgIpc) is 3.13. The van der Waals surface area contributed by atoms with Crippen LogP contribution >= 0.6 is 0 Å². The zero-order valence-corrected chi connectivity index (χ0v) is 11.3. The largest absolute Gasteiger partial charge is 0.381 e. The lowest BCUT2D eigenvalue weighted by Crippen LogP contribution is -2.23. The molecule has 0 radical (unpaired) electrons. The van der Waals surface area contributed by atoms with Crippen LogP contribution in [0.3, 0.4) is 0 Å². The molecule has 0 bridgehead atoms. The fraction of sp³-hybridized carbons (Fsp3) is 0.467. The summed E-state index contributed by atoms with van der Waals surface area (Å²) in [4.78, 5) is 4.44. The number of nitrogens with zero attached hydrogens (tertiary/aromatic N) is 3. The van der Waals surface area contributed by atoms with Crippen LogP contribution in [0, 0.1) is 5.92 Å². The van der Waals surface area contributed by atoms with Crippen molar-refractivity contribution >= 4 is 5.69 Å². The van der Waals surface area contributed by atoms with Crippen LogP contribution in [0.2, 0.25) is 0 Å². The van der Waals surface area contributed by atoms with Gasteiger partial charge in [-0.15, -0.1) is 0 Å². The second-order valence-corrected chi connectivity index (χ2v) is 5.33. The lowest BCUT2D eigenvalue weighted by molar-refractivity contribution is 0.482. The summed E-state index contributed by atoms with van der Waals surface area (Å²) in [5.41, 5.74) is 1.09. The highest BCUT2D eigenvalue weighted by Crippen LogP contribution is 2.29.